The molecule has 1 aliphatic rings. The number of nitrogens with one attached hydrogen (secondary N) is 1. The highest BCUT2D eigenvalue weighted by Gasteiger charge is 2.30. The third kappa shape index (κ3) is 6.25. The minimum absolute atomic E-state index is 0.153. The van der Waals surface area contributed by atoms with Gasteiger partial charge in [-0.2, -0.15) is 0 Å². The number of hydrogen-bond acceptors (Lipinski definition) is 5. The van der Waals surface area contributed by atoms with E-state index < -0.39 is 27.8 Å². The van der Waals surface area contributed by atoms with Gasteiger partial charge in [0, 0.05) is 26.2 Å². The summed E-state index contributed by atoms with van der Waals surface area (Å²) in [5.74, 6) is -1.21. The molecule has 1 heterocycles. The van der Waals surface area contributed by atoms with Crippen molar-refractivity contribution in [2.75, 3.05) is 36.9 Å². The second kappa shape index (κ2) is 10.2. The zero-order valence-corrected chi connectivity index (χ0v) is 18.6. The minimum Gasteiger partial charge on any atom is -0.379 e. The van der Waals surface area contributed by atoms with Gasteiger partial charge in [0.15, 0.2) is 0 Å². The van der Waals surface area contributed by atoms with Crippen LogP contribution in [0.15, 0.2) is 48.5 Å². The van der Waals surface area contributed by atoms with Gasteiger partial charge in [-0.15, -0.1) is 0 Å². The fourth-order valence-electron chi connectivity index (χ4n) is 3.60. The summed E-state index contributed by atoms with van der Waals surface area (Å²) in [5.41, 5.74) is 1.88. The maximum absolute atomic E-state index is 14.2. The molecule has 0 unspecified atom stereocenters. The van der Waals surface area contributed by atoms with Gasteiger partial charge in [-0.3, -0.25) is 14.0 Å². The molecule has 0 aliphatic carbocycles. The molecule has 1 atom stereocenters. The number of carbonyl (C=O) groups is 1. The van der Waals surface area contributed by atoms with E-state index in [4.69, 9.17) is 4.74 Å². The Morgan fingerprint density at radius 1 is 1.16 bits per heavy atom. The van der Waals surface area contributed by atoms with E-state index in [9.17, 15) is 17.6 Å². The van der Waals surface area contributed by atoms with Crippen LogP contribution in [0.25, 0.3) is 0 Å². The van der Waals surface area contributed by atoms with Crippen molar-refractivity contribution in [2.24, 2.45) is 0 Å². The zero-order valence-electron chi connectivity index (χ0n) is 17.8. The van der Waals surface area contributed by atoms with Crippen molar-refractivity contribution in [3.05, 3.63) is 65.5 Å². The zero-order chi connectivity index (χ0) is 22.4. The van der Waals surface area contributed by atoms with E-state index in [1.807, 2.05) is 24.3 Å². The second-order valence-corrected chi connectivity index (χ2v) is 9.47. The van der Waals surface area contributed by atoms with E-state index >= 15 is 0 Å². The predicted octanol–water partition coefficient (Wildman–Crippen LogP) is 2.13. The molecule has 0 radical (unpaired) electrons. The Morgan fingerprint density at radius 3 is 2.52 bits per heavy atom. The molecule has 168 valence electrons. The number of ether oxygens (including phenoxy) is 1. The van der Waals surface area contributed by atoms with Gasteiger partial charge >= 0.3 is 0 Å². The van der Waals surface area contributed by atoms with Crippen LogP contribution < -0.4 is 9.62 Å². The molecule has 0 saturated carbocycles. The molecule has 1 saturated heterocycles. The van der Waals surface area contributed by atoms with Crippen LogP contribution in [0.3, 0.4) is 0 Å². The number of sulfonamides is 1. The van der Waals surface area contributed by atoms with Crippen LogP contribution in [-0.4, -0.2) is 57.8 Å². The Hall–Kier alpha value is -2.49. The smallest absolute Gasteiger partial charge is 0.243 e. The highest BCUT2D eigenvalue weighted by molar-refractivity contribution is 7.92. The fourth-order valence-corrected chi connectivity index (χ4v) is 4.78. The number of amides is 1. The molecule has 0 aromatic heterocycles. The van der Waals surface area contributed by atoms with Crippen molar-refractivity contribution in [3.8, 4) is 0 Å². The number of anilines is 1. The molecule has 0 bridgehead atoms. The Balaban J connectivity index is 1.66. The number of halogens is 1. The second-order valence-electron chi connectivity index (χ2n) is 7.61. The van der Waals surface area contributed by atoms with Gasteiger partial charge in [-0.05, 0) is 30.2 Å². The molecule has 1 fully saturated rings. The predicted molar refractivity (Wildman–Crippen MR) is 118 cm³/mol. The van der Waals surface area contributed by atoms with Gasteiger partial charge in [-0.25, -0.2) is 12.8 Å². The molecule has 0 spiro atoms. The Bertz CT molecular complexity index is 1010. The molecule has 1 aliphatic heterocycles. The lowest BCUT2D eigenvalue weighted by molar-refractivity contribution is -0.122. The van der Waals surface area contributed by atoms with Crippen molar-refractivity contribution in [3.63, 3.8) is 0 Å². The summed E-state index contributed by atoms with van der Waals surface area (Å²) in [6.07, 6.45) is 0.957. The van der Waals surface area contributed by atoms with Crippen LogP contribution in [0.5, 0.6) is 0 Å². The average Bonchev–Trinajstić information content (AvgIpc) is 2.73. The summed E-state index contributed by atoms with van der Waals surface area (Å²) < 4.78 is 45.0. The molecule has 7 nitrogen and oxygen atoms in total. The highest BCUT2D eigenvalue weighted by Crippen LogP contribution is 2.24. The van der Waals surface area contributed by atoms with E-state index in [-0.39, 0.29) is 12.2 Å². The lowest BCUT2D eigenvalue weighted by Gasteiger charge is -2.28. The van der Waals surface area contributed by atoms with Gasteiger partial charge in [-0.1, -0.05) is 36.4 Å². The first kappa shape index (κ1) is 23.2. The van der Waals surface area contributed by atoms with Crippen LogP contribution in [-0.2, 0) is 32.6 Å². The SMILES string of the molecule is C[C@H](C(=O)NCc1cccc(CN2CCOCC2)c1)N(c1ccccc1F)S(C)(=O)=O. The summed E-state index contributed by atoms with van der Waals surface area (Å²) in [7, 11) is -3.87. The molecule has 1 N–H and O–H groups in total. The number of rotatable bonds is 8. The summed E-state index contributed by atoms with van der Waals surface area (Å²) >= 11 is 0. The molecule has 3 rings (SSSR count). The van der Waals surface area contributed by atoms with Crippen LogP contribution in [0, 0.1) is 5.82 Å². The molecular formula is C22H28FN3O4S. The minimum atomic E-state index is -3.87. The third-order valence-electron chi connectivity index (χ3n) is 5.15. The summed E-state index contributed by atoms with van der Waals surface area (Å²) in [4.78, 5) is 15.0. The number of para-hydroxylation sites is 1. The van der Waals surface area contributed by atoms with Crippen molar-refractivity contribution in [1.29, 1.82) is 0 Å². The maximum Gasteiger partial charge on any atom is 0.243 e. The Kier molecular flexibility index (Phi) is 7.64. The lowest BCUT2D eigenvalue weighted by Crippen LogP contribution is -2.48. The first-order valence-electron chi connectivity index (χ1n) is 10.2. The Labute approximate surface area is 182 Å². The largest absolute Gasteiger partial charge is 0.379 e. The molecular weight excluding hydrogens is 421 g/mol. The van der Waals surface area contributed by atoms with Crippen LogP contribution in [0.2, 0.25) is 0 Å². The molecule has 2 aromatic carbocycles. The van der Waals surface area contributed by atoms with Crippen LogP contribution in [0.4, 0.5) is 10.1 Å². The third-order valence-corrected chi connectivity index (χ3v) is 6.37. The lowest BCUT2D eigenvalue weighted by atomic mass is 10.1. The normalized spacial score (nSPS) is 16.0. The van der Waals surface area contributed by atoms with E-state index in [1.54, 1.807) is 0 Å². The number of benzene rings is 2. The number of hydrogen-bond donors (Lipinski definition) is 1. The van der Waals surface area contributed by atoms with Crippen molar-refractivity contribution < 1.29 is 22.3 Å². The van der Waals surface area contributed by atoms with Crippen molar-refractivity contribution >= 4 is 21.6 Å². The fraction of sp³-hybridized carbons (Fsp3) is 0.409. The molecule has 1 amide bonds. The average molecular weight is 450 g/mol. The van der Waals surface area contributed by atoms with Gasteiger partial charge in [0.2, 0.25) is 15.9 Å². The summed E-state index contributed by atoms with van der Waals surface area (Å²) in [6.45, 7) is 5.72. The van der Waals surface area contributed by atoms with Crippen molar-refractivity contribution in [1.82, 2.24) is 10.2 Å². The van der Waals surface area contributed by atoms with Gasteiger partial charge in [0.1, 0.15) is 11.9 Å². The van der Waals surface area contributed by atoms with Crippen LogP contribution in [0.1, 0.15) is 18.1 Å². The number of morpholine rings is 1. The van der Waals surface area contributed by atoms with E-state index in [2.05, 4.69) is 10.2 Å². The maximum atomic E-state index is 14.2. The topological polar surface area (TPSA) is 79.0 Å². The number of nitrogens with zero attached hydrogens (tertiary/aromatic N) is 2. The summed E-state index contributed by atoms with van der Waals surface area (Å²) in [6, 6.07) is 12.3. The van der Waals surface area contributed by atoms with Gasteiger partial charge in [0.05, 0.1) is 25.2 Å². The van der Waals surface area contributed by atoms with Gasteiger partial charge < -0.3 is 10.1 Å². The van der Waals surface area contributed by atoms with Crippen LogP contribution >= 0.6 is 0 Å². The first-order chi connectivity index (χ1) is 14.8. The highest BCUT2D eigenvalue weighted by atomic mass is 32.2. The summed E-state index contributed by atoms with van der Waals surface area (Å²) in [5, 5.41) is 2.77. The molecule has 31 heavy (non-hydrogen) atoms. The van der Waals surface area contributed by atoms with Crippen molar-refractivity contribution in [2.45, 2.75) is 26.1 Å². The van der Waals surface area contributed by atoms with E-state index in [1.165, 1.54) is 25.1 Å². The monoisotopic (exact) mass is 449 g/mol. The first-order valence-corrected chi connectivity index (χ1v) is 12.0. The molecule has 2 aromatic rings. The number of carbonyl (C=O) groups excluding carboxylic acids is 1. The van der Waals surface area contributed by atoms with E-state index in [0.717, 1.165) is 60.6 Å². The van der Waals surface area contributed by atoms with Gasteiger partial charge in [0.25, 0.3) is 0 Å². The molecule has 9 heteroatoms. The van der Waals surface area contributed by atoms with E-state index in [0.29, 0.717) is 0 Å². The Morgan fingerprint density at radius 2 is 1.84 bits per heavy atom. The standard InChI is InChI=1S/C22H28FN3O4S/c1-17(26(31(2,28)29)21-9-4-3-8-20(21)23)22(27)24-15-18-6-5-7-19(14-18)16-25-10-12-30-13-11-25/h3-9,14,17H,10-13,15-16H2,1-2H3,(H,24,27)/t17-/m1/s1. The quantitative estimate of drug-likeness (QED) is 0.668.